The smallest absolute Gasteiger partial charge is 0.248 e. The first-order chi connectivity index (χ1) is 11.6. The summed E-state index contributed by atoms with van der Waals surface area (Å²) in [4.78, 5) is 16.0. The van der Waals surface area contributed by atoms with Gasteiger partial charge in [-0.1, -0.05) is 17.7 Å². The van der Waals surface area contributed by atoms with Crippen LogP contribution in [0, 0.1) is 0 Å². The van der Waals surface area contributed by atoms with Gasteiger partial charge in [0, 0.05) is 22.7 Å². The normalized spacial score (nSPS) is 13.0. The zero-order chi connectivity index (χ0) is 16.9. The van der Waals surface area contributed by atoms with Crippen molar-refractivity contribution in [2.75, 3.05) is 19.0 Å². The Morgan fingerprint density at radius 1 is 1.38 bits per heavy atom. The molecule has 0 radical (unpaired) electrons. The Labute approximate surface area is 144 Å². The summed E-state index contributed by atoms with van der Waals surface area (Å²) >= 11 is 5.98. The Balaban J connectivity index is 1.65. The molecule has 1 aliphatic rings. The van der Waals surface area contributed by atoms with Gasteiger partial charge in [-0.3, -0.25) is 4.79 Å². The standard InChI is InChI=1S/C18H15ClN2O3/c1-23-18-7-4-15(10-20-18)21-17(22)6-2-12-8-13-9-14(19)3-5-16(13)24-11-12/h2-10H,11H2,1H3,(H,21,22)/b6-2+. The lowest BCUT2D eigenvalue weighted by atomic mass is 10.1. The Bertz CT molecular complexity index is 814. The summed E-state index contributed by atoms with van der Waals surface area (Å²) in [6, 6.07) is 8.84. The van der Waals surface area contributed by atoms with Crippen molar-refractivity contribution < 1.29 is 14.3 Å². The number of aromatic nitrogens is 1. The first-order valence-corrected chi connectivity index (χ1v) is 7.64. The highest BCUT2D eigenvalue weighted by Gasteiger charge is 2.10. The van der Waals surface area contributed by atoms with Gasteiger partial charge in [-0.15, -0.1) is 0 Å². The van der Waals surface area contributed by atoms with Gasteiger partial charge in [0.15, 0.2) is 0 Å². The molecule has 1 amide bonds. The molecule has 2 aromatic rings. The largest absolute Gasteiger partial charge is 0.488 e. The number of rotatable bonds is 4. The quantitative estimate of drug-likeness (QED) is 0.860. The molecule has 5 nitrogen and oxygen atoms in total. The Morgan fingerprint density at radius 2 is 2.25 bits per heavy atom. The summed E-state index contributed by atoms with van der Waals surface area (Å²) in [7, 11) is 1.54. The lowest BCUT2D eigenvalue weighted by molar-refractivity contribution is -0.111. The van der Waals surface area contributed by atoms with Gasteiger partial charge in [0.05, 0.1) is 19.0 Å². The van der Waals surface area contributed by atoms with Gasteiger partial charge in [-0.2, -0.15) is 0 Å². The molecule has 0 saturated carbocycles. The number of nitrogens with zero attached hydrogens (tertiary/aromatic N) is 1. The molecule has 122 valence electrons. The van der Waals surface area contributed by atoms with Gasteiger partial charge in [0.1, 0.15) is 12.4 Å². The third-order valence-electron chi connectivity index (χ3n) is 3.37. The van der Waals surface area contributed by atoms with E-state index in [0.717, 1.165) is 16.9 Å². The monoisotopic (exact) mass is 342 g/mol. The van der Waals surface area contributed by atoms with E-state index in [4.69, 9.17) is 21.1 Å². The summed E-state index contributed by atoms with van der Waals surface area (Å²) in [5.41, 5.74) is 2.37. The van der Waals surface area contributed by atoms with Gasteiger partial charge in [-0.25, -0.2) is 4.98 Å². The predicted molar refractivity (Wildman–Crippen MR) is 93.5 cm³/mol. The highest BCUT2D eigenvalue weighted by molar-refractivity contribution is 6.30. The second-order valence-electron chi connectivity index (χ2n) is 5.10. The lowest BCUT2D eigenvalue weighted by Crippen LogP contribution is -2.10. The number of hydrogen-bond donors (Lipinski definition) is 1. The number of amides is 1. The Hall–Kier alpha value is -2.79. The zero-order valence-corrected chi connectivity index (χ0v) is 13.7. The van der Waals surface area contributed by atoms with Crippen LogP contribution in [-0.2, 0) is 4.79 Å². The molecule has 1 aromatic heterocycles. The number of benzene rings is 1. The fourth-order valence-corrected chi connectivity index (χ4v) is 2.38. The van der Waals surface area contributed by atoms with E-state index in [1.807, 2.05) is 18.2 Å². The number of carbonyl (C=O) groups excluding carboxylic acids is 1. The topological polar surface area (TPSA) is 60.5 Å². The fourth-order valence-electron chi connectivity index (χ4n) is 2.20. The summed E-state index contributed by atoms with van der Waals surface area (Å²) in [5.74, 6) is 1.02. The molecule has 3 rings (SSSR count). The van der Waals surface area contributed by atoms with Gasteiger partial charge < -0.3 is 14.8 Å². The maximum atomic E-state index is 12.0. The van der Waals surface area contributed by atoms with Crippen LogP contribution in [0.25, 0.3) is 6.08 Å². The van der Waals surface area contributed by atoms with Crippen LogP contribution in [0.15, 0.2) is 54.3 Å². The Morgan fingerprint density at radius 3 is 3.00 bits per heavy atom. The maximum Gasteiger partial charge on any atom is 0.248 e. The van der Waals surface area contributed by atoms with Crippen molar-refractivity contribution in [3.63, 3.8) is 0 Å². The van der Waals surface area contributed by atoms with E-state index in [9.17, 15) is 4.79 Å². The van der Waals surface area contributed by atoms with E-state index in [0.29, 0.717) is 23.2 Å². The van der Waals surface area contributed by atoms with E-state index in [1.54, 1.807) is 24.3 Å². The molecule has 6 heteroatoms. The van der Waals surface area contributed by atoms with Gasteiger partial charge >= 0.3 is 0 Å². The minimum Gasteiger partial charge on any atom is -0.488 e. The van der Waals surface area contributed by atoms with Crippen molar-refractivity contribution in [2.45, 2.75) is 0 Å². The highest BCUT2D eigenvalue weighted by Crippen LogP contribution is 2.29. The predicted octanol–water partition coefficient (Wildman–Crippen LogP) is 3.71. The second-order valence-corrected chi connectivity index (χ2v) is 5.54. The molecule has 0 bridgehead atoms. The molecule has 0 saturated heterocycles. The molecule has 1 aliphatic heterocycles. The van der Waals surface area contributed by atoms with E-state index >= 15 is 0 Å². The average molecular weight is 343 g/mol. The van der Waals surface area contributed by atoms with E-state index in [2.05, 4.69) is 10.3 Å². The minimum atomic E-state index is -0.250. The summed E-state index contributed by atoms with van der Waals surface area (Å²) in [6.07, 6.45) is 6.65. The van der Waals surface area contributed by atoms with Gasteiger partial charge in [0.2, 0.25) is 11.8 Å². The Kier molecular flexibility index (Phi) is 4.82. The van der Waals surface area contributed by atoms with Crippen molar-refractivity contribution >= 4 is 29.3 Å². The van der Waals surface area contributed by atoms with Crippen LogP contribution in [0.3, 0.4) is 0 Å². The molecule has 0 spiro atoms. The van der Waals surface area contributed by atoms with Crippen molar-refractivity contribution in [2.24, 2.45) is 0 Å². The molecule has 1 aromatic carbocycles. The molecular weight excluding hydrogens is 328 g/mol. The molecule has 24 heavy (non-hydrogen) atoms. The summed E-state index contributed by atoms with van der Waals surface area (Å²) in [6.45, 7) is 0.405. The number of hydrogen-bond acceptors (Lipinski definition) is 4. The number of nitrogens with one attached hydrogen (secondary N) is 1. The third kappa shape index (κ3) is 3.94. The van der Waals surface area contributed by atoms with E-state index in [1.165, 1.54) is 19.4 Å². The van der Waals surface area contributed by atoms with Crippen molar-refractivity contribution in [1.29, 1.82) is 0 Å². The van der Waals surface area contributed by atoms with Gasteiger partial charge in [0.25, 0.3) is 0 Å². The molecule has 0 aliphatic carbocycles. The minimum absolute atomic E-state index is 0.250. The lowest BCUT2D eigenvalue weighted by Gasteiger charge is -2.16. The summed E-state index contributed by atoms with van der Waals surface area (Å²) in [5, 5.41) is 3.37. The third-order valence-corrected chi connectivity index (χ3v) is 3.60. The van der Waals surface area contributed by atoms with Crippen LogP contribution in [0.5, 0.6) is 11.6 Å². The average Bonchev–Trinajstić information content (AvgIpc) is 2.60. The zero-order valence-electron chi connectivity index (χ0n) is 13.0. The number of ether oxygens (including phenoxy) is 2. The van der Waals surface area contributed by atoms with Crippen LogP contribution in [-0.4, -0.2) is 24.6 Å². The first-order valence-electron chi connectivity index (χ1n) is 7.26. The van der Waals surface area contributed by atoms with Crippen LogP contribution in [0.1, 0.15) is 5.56 Å². The van der Waals surface area contributed by atoms with Crippen LogP contribution >= 0.6 is 11.6 Å². The summed E-state index contributed by atoms with van der Waals surface area (Å²) < 4.78 is 10.6. The van der Waals surface area contributed by atoms with Crippen molar-refractivity contribution in [3.05, 3.63) is 64.8 Å². The SMILES string of the molecule is COc1ccc(NC(=O)/C=C/C2=Cc3cc(Cl)ccc3OC2)cn1. The molecule has 1 N–H and O–H groups in total. The number of halogens is 1. The van der Waals surface area contributed by atoms with Crippen LogP contribution in [0.2, 0.25) is 5.02 Å². The molecular formula is C18H15ClN2O3. The molecule has 0 unspecified atom stereocenters. The molecule has 0 fully saturated rings. The van der Waals surface area contributed by atoms with Crippen LogP contribution in [0.4, 0.5) is 5.69 Å². The molecule has 2 heterocycles. The van der Waals surface area contributed by atoms with Crippen molar-refractivity contribution in [1.82, 2.24) is 4.98 Å². The first kappa shape index (κ1) is 16.1. The van der Waals surface area contributed by atoms with Gasteiger partial charge in [-0.05, 0) is 35.9 Å². The van der Waals surface area contributed by atoms with Crippen LogP contribution < -0.4 is 14.8 Å². The van der Waals surface area contributed by atoms with E-state index < -0.39 is 0 Å². The number of methoxy groups -OCH3 is 1. The number of pyridine rings is 1. The molecule has 0 atom stereocenters. The highest BCUT2D eigenvalue weighted by atomic mass is 35.5. The fraction of sp³-hybridized carbons (Fsp3) is 0.111. The van der Waals surface area contributed by atoms with Crippen molar-refractivity contribution in [3.8, 4) is 11.6 Å². The number of fused-ring (bicyclic) bond motifs is 1. The maximum absolute atomic E-state index is 12.0. The van der Waals surface area contributed by atoms with E-state index in [-0.39, 0.29) is 5.91 Å². The number of anilines is 1. The second kappa shape index (κ2) is 7.19. The number of carbonyl (C=O) groups is 1.